The normalized spacial score (nSPS) is 20.4. The first-order valence-electron chi connectivity index (χ1n) is 6.15. The van der Waals surface area contributed by atoms with E-state index in [4.69, 9.17) is 10.5 Å². The van der Waals surface area contributed by atoms with Gasteiger partial charge in [0.15, 0.2) is 0 Å². The third kappa shape index (κ3) is 3.65. The first-order chi connectivity index (χ1) is 8.99. The molecule has 106 valence electrons. The van der Waals surface area contributed by atoms with Gasteiger partial charge < -0.3 is 10.5 Å². The van der Waals surface area contributed by atoms with Crippen LogP contribution in [0.5, 0.6) is 0 Å². The van der Waals surface area contributed by atoms with Gasteiger partial charge in [0, 0.05) is 13.2 Å². The number of hydrogen-bond donors (Lipinski definition) is 2. The van der Waals surface area contributed by atoms with Crippen LogP contribution in [0.25, 0.3) is 0 Å². The van der Waals surface area contributed by atoms with E-state index in [9.17, 15) is 12.8 Å². The van der Waals surface area contributed by atoms with Crippen LogP contribution in [-0.2, 0) is 14.8 Å². The van der Waals surface area contributed by atoms with Crippen molar-refractivity contribution in [3.05, 3.63) is 24.0 Å². The maximum Gasteiger partial charge on any atom is 0.240 e. The molecule has 1 unspecified atom stereocenters. The van der Waals surface area contributed by atoms with Crippen LogP contribution in [0, 0.1) is 5.82 Å². The molecule has 1 saturated heterocycles. The second kappa shape index (κ2) is 5.85. The highest BCUT2D eigenvalue weighted by Crippen LogP contribution is 2.17. The highest BCUT2D eigenvalue weighted by molar-refractivity contribution is 7.89. The average molecular weight is 288 g/mol. The molecule has 1 atom stereocenters. The minimum Gasteiger partial charge on any atom is -0.396 e. The van der Waals surface area contributed by atoms with E-state index in [0.29, 0.717) is 6.61 Å². The molecule has 0 aromatic heterocycles. The van der Waals surface area contributed by atoms with Gasteiger partial charge in [-0.1, -0.05) is 0 Å². The number of ether oxygens (including phenoxy) is 1. The summed E-state index contributed by atoms with van der Waals surface area (Å²) in [6.07, 6.45) is 2.76. The summed E-state index contributed by atoms with van der Waals surface area (Å²) in [4.78, 5) is -0.130. The summed E-state index contributed by atoms with van der Waals surface area (Å²) in [5, 5.41) is 0. The SMILES string of the molecule is Nc1ccc(S(=O)(=O)NCC2CCCCO2)cc1F. The van der Waals surface area contributed by atoms with Crippen molar-refractivity contribution in [1.29, 1.82) is 0 Å². The molecule has 0 spiro atoms. The fourth-order valence-electron chi connectivity index (χ4n) is 1.93. The van der Waals surface area contributed by atoms with E-state index in [0.717, 1.165) is 25.3 Å². The Morgan fingerprint density at radius 3 is 2.84 bits per heavy atom. The Labute approximate surface area is 112 Å². The predicted octanol–water partition coefficient (Wildman–Crippen LogP) is 1.26. The number of hydrogen-bond acceptors (Lipinski definition) is 4. The number of nitrogens with one attached hydrogen (secondary N) is 1. The molecule has 0 bridgehead atoms. The third-order valence-corrected chi connectivity index (χ3v) is 4.48. The maximum atomic E-state index is 13.3. The lowest BCUT2D eigenvalue weighted by atomic mass is 10.1. The number of nitrogens with two attached hydrogens (primary N) is 1. The topological polar surface area (TPSA) is 81.4 Å². The summed E-state index contributed by atoms with van der Waals surface area (Å²) in [7, 11) is -3.72. The van der Waals surface area contributed by atoms with E-state index in [1.165, 1.54) is 12.1 Å². The molecule has 3 N–H and O–H groups in total. The summed E-state index contributed by atoms with van der Waals surface area (Å²) in [6, 6.07) is 3.43. The molecule has 1 aliphatic heterocycles. The van der Waals surface area contributed by atoms with Crippen molar-refractivity contribution in [2.24, 2.45) is 0 Å². The highest BCUT2D eigenvalue weighted by Gasteiger charge is 2.20. The Hall–Kier alpha value is -1.18. The second-order valence-electron chi connectivity index (χ2n) is 4.52. The lowest BCUT2D eigenvalue weighted by molar-refractivity contribution is 0.0200. The summed E-state index contributed by atoms with van der Waals surface area (Å²) in [5.41, 5.74) is 5.24. The lowest BCUT2D eigenvalue weighted by Crippen LogP contribution is -2.35. The molecule has 1 aliphatic rings. The van der Waals surface area contributed by atoms with Crippen LogP contribution in [0.1, 0.15) is 19.3 Å². The Morgan fingerprint density at radius 2 is 2.21 bits per heavy atom. The van der Waals surface area contributed by atoms with E-state index >= 15 is 0 Å². The molecule has 1 aromatic rings. The van der Waals surface area contributed by atoms with E-state index in [1.54, 1.807) is 0 Å². The molecule has 19 heavy (non-hydrogen) atoms. The predicted molar refractivity (Wildman–Crippen MR) is 69.6 cm³/mol. The molecule has 2 rings (SSSR count). The van der Waals surface area contributed by atoms with Gasteiger partial charge in [0.1, 0.15) is 5.82 Å². The average Bonchev–Trinajstić information content (AvgIpc) is 2.41. The maximum absolute atomic E-state index is 13.3. The van der Waals surface area contributed by atoms with Crippen molar-refractivity contribution in [2.45, 2.75) is 30.3 Å². The van der Waals surface area contributed by atoms with Gasteiger partial charge >= 0.3 is 0 Å². The van der Waals surface area contributed by atoms with Crippen LogP contribution >= 0.6 is 0 Å². The van der Waals surface area contributed by atoms with Crippen LogP contribution in [0.15, 0.2) is 23.1 Å². The quantitative estimate of drug-likeness (QED) is 0.817. The first kappa shape index (κ1) is 14.2. The van der Waals surface area contributed by atoms with E-state index in [2.05, 4.69) is 4.72 Å². The number of halogens is 1. The van der Waals surface area contributed by atoms with Gasteiger partial charge in [-0.2, -0.15) is 0 Å². The van der Waals surface area contributed by atoms with Gasteiger partial charge in [-0.15, -0.1) is 0 Å². The lowest BCUT2D eigenvalue weighted by Gasteiger charge is -2.22. The Balaban J connectivity index is 2.02. The fourth-order valence-corrected chi connectivity index (χ4v) is 3.01. The number of benzene rings is 1. The van der Waals surface area contributed by atoms with Gasteiger partial charge in [0.2, 0.25) is 10.0 Å². The Bertz CT molecular complexity index is 542. The molecular formula is C12H17FN2O3S. The molecule has 1 fully saturated rings. The number of rotatable bonds is 4. The number of nitrogen functional groups attached to an aromatic ring is 1. The van der Waals surface area contributed by atoms with Crippen LogP contribution < -0.4 is 10.5 Å². The highest BCUT2D eigenvalue weighted by atomic mass is 32.2. The standard InChI is InChI=1S/C12H17FN2O3S/c13-11-7-10(4-5-12(11)14)19(16,17)15-8-9-3-1-2-6-18-9/h4-5,7,9,15H,1-3,6,8,14H2. The summed E-state index contributed by atoms with van der Waals surface area (Å²) >= 11 is 0. The van der Waals surface area contributed by atoms with Crippen LogP contribution in [-0.4, -0.2) is 27.7 Å². The zero-order chi connectivity index (χ0) is 13.9. The molecule has 1 heterocycles. The summed E-state index contributed by atoms with van der Waals surface area (Å²) in [5.74, 6) is -0.739. The second-order valence-corrected chi connectivity index (χ2v) is 6.29. The van der Waals surface area contributed by atoms with Crippen LogP contribution in [0.4, 0.5) is 10.1 Å². The van der Waals surface area contributed by atoms with Gasteiger partial charge in [-0.25, -0.2) is 17.5 Å². The van der Waals surface area contributed by atoms with Gasteiger partial charge in [-0.3, -0.25) is 0 Å². The molecule has 5 nitrogen and oxygen atoms in total. The van der Waals surface area contributed by atoms with Crippen molar-refractivity contribution in [3.8, 4) is 0 Å². The molecule has 0 radical (unpaired) electrons. The smallest absolute Gasteiger partial charge is 0.240 e. The first-order valence-corrected chi connectivity index (χ1v) is 7.63. The van der Waals surface area contributed by atoms with E-state index in [1.807, 2.05) is 0 Å². The van der Waals surface area contributed by atoms with Gasteiger partial charge in [-0.05, 0) is 37.5 Å². The summed E-state index contributed by atoms with van der Waals surface area (Å²) in [6.45, 7) is 0.858. The monoisotopic (exact) mass is 288 g/mol. The molecule has 1 aromatic carbocycles. The Kier molecular flexibility index (Phi) is 4.38. The molecule has 0 saturated carbocycles. The van der Waals surface area contributed by atoms with Crippen molar-refractivity contribution < 1.29 is 17.5 Å². The Morgan fingerprint density at radius 1 is 1.42 bits per heavy atom. The minimum atomic E-state index is -3.72. The van der Waals surface area contributed by atoms with Crippen molar-refractivity contribution >= 4 is 15.7 Å². The zero-order valence-corrected chi connectivity index (χ0v) is 11.2. The largest absolute Gasteiger partial charge is 0.396 e. The molecule has 0 amide bonds. The minimum absolute atomic E-state index is 0.0745. The van der Waals surface area contributed by atoms with Gasteiger partial charge in [0.25, 0.3) is 0 Å². The van der Waals surface area contributed by atoms with Crippen LogP contribution in [0.3, 0.4) is 0 Å². The molecule has 0 aliphatic carbocycles. The summed E-state index contributed by atoms with van der Waals surface area (Å²) < 4.78 is 45.1. The molecule has 7 heteroatoms. The van der Waals surface area contributed by atoms with E-state index in [-0.39, 0.29) is 23.2 Å². The number of sulfonamides is 1. The van der Waals surface area contributed by atoms with Crippen molar-refractivity contribution in [1.82, 2.24) is 4.72 Å². The van der Waals surface area contributed by atoms with E-state index < -0.39 is 15.8 Å². The molecular weight excluding hydrogens is 271 g/mol. The van der Waals surface area contributed by atoms with Crippen LogP contribution in [0.2, 0.25) is 0 Å². The van der Waals surface area contributed by atoms with Crippen molar-refractivity contribution in [2.75, 3.05) is 18.9 Å². The van der Waals surface area contributed by atoms with Crippen molar-refractivity contribution in [3.63, 3.8) is 0 Å². The van der Waals surface area contributed by atoms with Gasteiger partial charge in [0.05, 0.1) is 16.7 Å². The third-order valence-electron chi connectivity index (χ3n) is 3.06. The number of anilines is 1. The fraction of sp³-hybridized carbons (Fsp3) is 0.500. The zero-order valence-electron chi connectivity index (χ0n) is 10.4.